The number of fused-ring (bicyclic) bond motifs is 1. The zero-order valence-corrected chi connectivity index (χ0v) is 17.3. The molecule has 0 aliphatic carbocycles. The van der Waals surface area contributed by atoms with Gasteiger partial charge in [0, 0.05) is 13.1 Å². The van der Waals surface area contributed by atoms with Crippen LogP contribution in [0, 0.1) is 0 Å². The summed E-state index contributed by atoms with van der Waals surface area (Å²) in [7, 11) is 0. The molecule has 0 bridgehead atoms. The van der Waals surface area contributed by atoms with Crippen LogP contribution in [0.5, 0.6) is 0 Å². The fraction of sp³-hybridized carbons (Fsp3) is 0.571. The van der Waals surface area contributed by atoms with Crippen LogP contribution in [0.3, 0.4) is 0 Å². The molecule has 2 heterocycles. The lowest BCUT2D eigenvalue weighted by Crippen LogP contribution is -2.45. The van der Waals surface area contributed by atoms with Gasteiger partial charge in [0.15, 0.2) is 5.58 Å². The van der Waals surface area contributed by atoms with E-state index in [2.05, 4.69) is 0 Å². The number of para-hydroxylation sites is 2. The van der Waals surface area contributed by atoms with Gasteiger partial charge in [-0.05, 0) is 52.7 Å². The van der Waals surface area contributed by atoms with Crippen molar-refractivity contribution in [1.29, 1.82) is 0 Å². The molecule has 1 aliphatic rings. The highest BCUT2D eigenvalue weighted by atomic mass is 16.6. The van der Waals surface area contributed by atoms with E-state index in [1.54, 1.807) is 36.1 Å². The average molecular weight is 404 g/mol. The Bertz CT molecular complexity index is 939. The molecule has 1 amide bonds. The molecule has 29 heavy (non-hydrogen) atoms. The lowest BCUT2D eigenvalue weighted by atomic mass is 10.1. The van der Waals surface area contributed by atoms with Gasteiger partial charge in [-0.3, -0.25) is 9.36 Å². The topological polar surface area (TPSA) is 91.0 Å². The quantitative estimate of drug-likeness (QED) is 0.710. The molecular weight excluding hydrogens is 376 g/mol. The lowest BCUT2D eigenvalue weighted by Gasteiger charge is -2.31. The summed E-state index contributed by atoms with van der Waals surface area (Å²) >= 11 is 0. The summed E-state index contributed by atoms with van der Waals surface area (Å²) in [5.41, 5.74) is 0.550. The van der Waals surface area contributed by atoms with Gasteiger partial charge in [-0.2, -0.15) is 0 Å². The third-order valence-electron chi connectivity index (χ3n) is 4.90. The molecule has 1 aliphatic heterocycles. The highest BCUT2D eigenvalue weighted by Crippen LogP contribution is 2.25. The normalized spacial score (nSPS) is 18.1. The molecule has 3 rings (SSSR count). The van der Waals surface area contributed by atoms with Crippen LogP contribution in [-0.2, 0) is 20.8 Å². The van der Waals surface area contributed by atoms with Crippen molar-refractivity contribution in [3.63, 3.8) is 0 Å². The van der Waals surface area contributed by atoms with Crippen LogP contribution in [-0.4, -0.2) is 45.8 Å². The van der Waals surface area contributed by atoms with Crippen molar-refractivity contribution in [2.75, 3.05) is 6.54 Å². The van der Waals surface area contributed by atoms with Crippen LogP contribution in [0.4, 0.5) is 4.79 Å². The number of esters is 1. The minimum Gasteiger partial charge on any atom is -0.460 e. The van der Waals surface area contributed by atoms with E-state index in [4.69, 9.17) is 13.9 Å². The highest BCUT2D eigenvalue weighted by Gasteiger charge is 2.36. The number of aromatic nitrogens is 1. The predicted molar refractivity (Wildman–Crippen MR) is 107 cm³/mol. The van der Waals surface area contributed by atoms with Crippen LogP contribution >= 0.6 is 0 Å². The fourth-order valence-corrected chi connectivity index (χ4v) is 3.60. The molecular formula is C21H28N2O6. The Morgan fingerprint density at radius 2 is 2.00 bits per heavy atom. The molecule has 0 saturated carbocycles. The van der Waals surface area contributed by atoms with E-state index in [0.717, 1.165) is 12.8 Å². The largest absolute Gasteiger partial charge is 0.460 e. The van der Waals surface area contributed by atoms with Crippen molar-refractivity contribution in [1.82, 2.24) is 9.47 Å². The standard InChI is InChI=1S/C21H28N2O6/c1-14(15-9-7-12-22(15)20(26)29-21(2,3)4)27-18(24)11-13-23-16-8-5-6-10-17(16)28-19(23)25/h5-6,8,10,14-15H,7,9,11-13H2,1-4H3/t14-,15+/m0/s1. The van der Waals surface area contributed by atoms with Crippen molar-refractivity contribution in [3.05, 3.63) is 34.8 Å². The number of carbonyl (C=O) groups excluding carboxylic acids is 2. The molecule has 0 unspecified atom stereocenters. The minimum atomic E-state index is -0.579. The van der Waals surface area contributed by atoms with Gasteiger partial charge in [-0.25, -0.2) is 9.59 Å². The second-order valence-electron chi connectivity index (χ2n) is 8.32. The molecule has 158 valence electrons. The summed E-state index contributed by atoms with van der Waals surface area (Å²) < 4.78 is 17.6. The number of hydrogen-bond donors (Lipinski definition) is 0. The van der Waals surface area contributed by atoms with Crippen molar-refractivity contribution in [3.8, 4) is 0 Å². The summed E-state index contributed by atoms with van der Waals surface area (Å²) in [5.74, 6) is -0.926. The van der Waals surface area contributed by atoms with Gasteiger partial charge in [0.2, 0.25) is 0 Å². The average Bonchev–Trinajstić information content (AvgIpc) is 3.22. The Kier molecular flexibility index (Phi) is 6.00. The van der Waals surface area contributed by atoms with Gasteiger partial charge in [0.25, 0.3) is 0 Å². The number of nitrogens with zero attached hydrogens (tertiary/aromatic N) is 2. The molecule has 0 spiro atoms. The Hall–Kier alpha value is -2.77. The monoisotopic (exact) mass is 404 g/mol. The number of ether oxygens (including phenoxy) is 2. The van der Waals surface area contributed by atoms with Crippen molar-refractivity contribution >= 4 is 23.2 Å². The third-order valence-corrected chi connectivity index (χ3v) is 4.90. The second-order valence-corrected chi connectivity index (χ2v) is 8.32. The number of carbonyl (C=O) groups is 2. The summed E-state index contributed by atoms with van der Waals surface area (Å²) in [6, 6.07) is 6.85. The van der Waals surface area contributed by atoms with Gasteiger partial charge in [-0.1, -0.05) is 12.1 Å². The number of benzene rings is 1. The van der Waals surface area contributed by atoms with Gasteiger partial charge in [-0.15, -0.1) is 0 Å². The summed E-state index contributed by atoms with van der Waals surface area (Å²) in [4.78, 5) is 38.4. The first-order valence-electron chi connectivity index (χ1n) is 9.93. The van der Waals surface area contributed by atoms with Gasteiger partial charge >= 0.3 is 17.8 Å². The lowest BCUT2D eigenvalue weighted by molar-refractivity contribution is -0.151. The number of aryl methyl sites for hydroxylation is 1. The van der Waals surface area contributed by atoms with Crippen LogP contribution in [0.1, 0.15) is 47.0 Å². The van der Waals surface area contributed by atoms with Gasteiger partial charge < -0.3 is 18.8 Å². The summed E-state index contributed by atoms with van der Waals surface area (Å²) in [6.45, 7) is 7.99. The first-order valence-corrected chi connectivity index (χ1v) is 9.93. The molecule has 2 atom stereocenters. The predicted octanol–water partition coefficient (Wildman–Crippen LogP) is 3.32. The van der Waals surface area contributed by atoms with E-state index in [1.165, 1.54) is 4.57 Å². The summed E-state index contributed by atoms with van der Waals surface area (Å²) in [5, 5.41) is 0. The van der Waals surface area contributed by atoms with Crippen LogP contribution in [0.2, 0.25) is 0 Å². The van der Waals surface area contributed by atoms with Crippen LogP contribution in [0.15, 0.2) is 33.5 Å². The smallest absolute Gasteiger partial charge is 0.419 e. The Balaban J connectivity index is 1.58. The van der Waals surface area contributed by atoms with E-state index in [1.807, 2.05) is 20.8 Å². The van der Waals surface area contributed by atoms with Crippen LogP contribution < -0.4 is 5.76 Å². The maximum atomic E-state index is 12.4. The highest BCUT2D eigenvalue weighted by molar-refractivity contribution is 5.73. The van der Waals surface area contributed by atoms with Gasteiger partial charge in [0.1, 0.15) is 11.7 Å². The SMILES string of the molecule is C[C@H](OC(=O)CCn1c(=O)oc2ccccc21)[C@H]1CCCN1C(=O)OC(C)(C)C. The Morgan fingerprint density at radius 1 is 1.28 bits per heavy atom. The molecule has 1 aromatic heterocycles. The molecule has 1 fully saturated rings. The zero-order chi connectivity index (χ0) is 21.2. The second kappa shape index (κ2) is 8.31. The molecule has 8 heteroatoms. The van der Waals surface area contributed by atoms with Crippen molar-refractivity contribution in [2.24, 2.45) is 0 Å². The zero-order valence-electron chi connectivity index (χ0n) is 17.3. The molecule has 2 aromatic rings. The van der Waals surface area contributed by atoms with Crippen molar-refractivity contribution < 1.29 is 23.5 Å². The van der Waals surface area contributed by atoms with E-state index < -0.39 is 23.4 Å². The van der Waals surface area contributed by atoms with Crippen molar-refractivity contribution in [2.45, 2.75) is 71.2 Å². The van der Waals surface area contributed by atoms with E-state index in [0.29, 0.717) is 17.6 Å². The minimum absolute atomic E-state index is 0.0347. The first-order chi connectivity index (χ1) is 13.7. The van der Waals surface area contributed by atoms with E-state index in [9.17, 15) is 14.4 Å². The van der Waals surface area contributed by atoms with Gasteiger partial charge in [0.05, 0.1) is 18.0 Å². The summed E-state index contributed by atoms with van der Waals surface area (Å²) in [6.07, 6.45) is 0.768. The van der Waals surface area contributed by atoms with E-state index >= 15 is 0 Å². The molecule has 0 N–H and O–H groups in total. The van der Waals surface area contributed by atoms with Crippen LogP contribution in [0.25, 0.3) is 11.1 Å². The van der Waals surface area contributed by atoms with E-state index in [-0.39, 0.29) is 25.1 Å². The third kappa shape index (κ3) is 4.99. The first kappa shape index (κ1) is 21.0. The number of likely N-dealkylation sites (tertiary alicyclic amines) is 1. The number of rotatable bonds is 5. The molecule has 1 saturated heterocycles. The Labute approximate surface area is 169 Å². The number of hydrogen-bond acceptors (Lipinski definition) is 6. The number of amides is 1. The maximum Gasteiger partial charge on any atom is 0.419 e. The molecule has 0 radical (unpaired) electrons. The molecule has 8 nitrogen and oxygen atoms in total. The number of oxazole rings is 1. The maximum absolute atomic E-state index is 12.4. The molecule has 1 aromatic carbocycles. The Morgan fingerprint density at radius 3 is 2.72 bits per heavy atom. The fourth-order valence-electron chi connectivity index (χ4n) is 3.60.